The number of aryl methyl sites for hydroxylation is 1. The van der Waals surface area contributed by atoms with Crippen LogP contribution in [0, 0.1) is 0 Å². The first-order valence-electron chi connectivity index (χ1n) is 9.01. The minimum absolute atomic E-state index is 0.205. The molecule has 0 spiro atoms. The molecule has 0 aliphatic heterocycles. The Morgan fingerprint density at radius 2 is 1.91 bits per heavy atom. The summed E-state index contributed by atoms with van der Waals surface area (Å²) in [5, 5.41) is 12.0. The van der Waals surface area contributed by atoms with Crippen LogP contribution in [0.3, 0.4) is 0 Å². The van der Waals surface area contributed by atoms with Gasteiger partial charge in [0.1, 0.15) is 11.5 Å². The molecule has 0 aliphatic rings. The maximum Gasteiger partial charge on any atom is 0.490 e. The predicted octanol–water partition coefficient (Wildman–Crippen LogP) is 1.81. The minimum Gasteiger partial charge on any atom is -0.475 e. The van der Waals surface area contributed by atoms with Crippen molar-refractivity contribution in [2.24, 2.45) is 7.05 Å². The summed E-state index contributed by atoms with van der Waals surface area (Å²) >= 11 is 0. The summed E-state index contributed by atoms with van der Waals surface area (Å²) in [6, 6.07) is 8.74. The minimum atomic E-state index is -5.08. The molecule has 10 nitrogen and oxygen atoms in total. The number of hydrogen-bond acceptors (Lipinski definition) is 5. The van der Waals surface area contributed by atoms with E-state index in [-0.39, 0.29) is 17.2 Å². The normalized spacial score (nSPS) is 11.3. The number of aromatic amines is 1. The Kier molecular flexibility index (Phi) is 6.00. The van der Waals surface area contributed by atoms with E-state index in [1.807, 2.05) is 23.9 Å². The number of carbonyl (C=O) groups is 2. The van der Waals surface area contributed by atoms with E-state index in [2.05, 4.69) is 15.1 Å². The van der Waals surface area contributed by atoms with Crippen LogP contribution in [0.25, 0.3) is 16.6 Å². The lowest BCUT2D eigenvalue weighted by Crippen LogP contribution is -2.27. The number of nitrogens with one attached hydrogen (secondary N) is 1. The highest BCUT2D eigenvalue weighted by Crippen LogP contribution is 2.14. The number of imidazole rings is 1. The van der Waals surface area contributed by atoms with Gasteiger partial charge in [-0.05, 0) is 12.1 Å². The van der Waals surface area contributed by atoms with Crippen LogP contribution < -0.4 is 5.56 Å². The molecule has 1 aromatic carbocycles. The first-order valence-corrected chi connectivity index (χ1v) is 9.01. The Hall–Kier alpha value is -4.16. The molecular weight excluding hydrogens is 433 g/mol. The third-order valence-electron chi connectivity index (χ3n) is 4.44. The van der Waals surface area contributed by atoms with Gasteiger partial charge in [0.15, 0.2) is 5.69 Å². The van der Waals surface area contributed by atoms with Gasteiger partial charge in [0.25, 0.3) is 11.5 Å². The van der Waals surface area contributed by atoms with E-state index in [9.17, 15) is 22.8 Å². The fourth-order valence-corrected chi connectivity index (χ4v) is 2.82. The van der Waals surface area contributed by atoms with Gasteiger partial charge >= 0.3 is 12.1 Å². The molecule has 0 fully saturated rings. The van der Waals surface area contributed by atoms with E-state index >= 15 is 0 Å². The van der Waals surface area contributed by atoms with Crippen molar-refractivity contribution in [1.82, 2.24) is 29.0 Å². The van der Waals surface area contributed by atoms with Crippen LogP contribution in [-0.2, 0) is 18.4 Å². The maximum absolute atomic E-state index is 12.7. The molecule has 0 unspecified atom stereocenters. The number of amides is 1. The monoisotopic (exact) mass is 450 g/mol. The van der Waals surface area contributed by atoms with Crippen molar-refractivity contribution < 1.29 is 27.9 Å². The van der Waals surface area contributed by atoms with Gasteiger partial charge in [-0.1, -0.05) is 12.1 Å². The maximum atomic E-state index is 12.7. The Morgan fingerprint density at radius 3 is 2.50 bits per heavy atom. The number of H-pyrrole nitrogens is 1. The van der Waals surface area contributed by atoms with Gasteiger partial charge in [-0.3, -0.25) is 9.59 Å². The molecule has 0 radical (unpaired) electrons. The van der Waals surface area contributed by atoms with Crippen LogP contribution in [-0.4, -0.2) is 59.3 Å². The molecule has 0 atom stereocenters. The molecular formula is C19H17F3N6O4. The van der Waals surface area contributed by atoms with Crippen LogP contribution in [0.2, 0.25) is 0 Å². The lowest BCUT2D eigenvalue weighted by atomic mass is 10.2. The van der Waals surface area contributed by atoms with Gasteiger partial charge < -0.3 is 19.6 Å². The number of aliphatic carboxylic acids is 1. The number of para-hydroxylation sites is 1. The third kappa shape index (κ3) is 4.61. The van der Waals surface area contributed by atoms with E-state index < -0.39 is 12.1 Å². The van der Waals surface area contributed by atoms with Gasteiger partial charge in [-0.25, -0.2) is 14.3 Å². The first kappa shape index (κ1) is 22.5. The molecule has 0 saturated heterocycles. The van der Waals surface area contributed by atoms with Gasteiger partial charge in [-0.15, -0.1) is 0 Å². The molecule has 4 rings (SSSR count). The number of carbonyl (C=O) groups excluding carboxylic acids is 1. The molecule has 13 heteroatoms. The number of carboxylic acid groups (broad SMARTS) is 1. The fourth-order valence-electron chi connectivity index (χ4n) is 2.82. The van der Waals surface area contributed by atoms with Crippen molar-refractivity contribution >= 4 is 28.4 Å². The highest BCUT2D eigenvalue weighted by molar-refractivity contribution is 5.93. The van der Waals surface area contributed by atoms with Crippen LogP contribution in [0.5, 0.6) is 0 Å². The van der Waals surface area contributed by atoms with E-state index in [0.29, 0.717) is 23.1 Å². The number of aromatic nitrogens is 5. The van der Waals surface area contributed by atoms with Crippen molar-refractivity contribution in [3.8, 4) is 0 Å². The summed E-state index contributed by atoms with van der Waals surface area (Å²) in [6.45, 7) is 0.369. The molecule has 1 amide bonds. The number of nitrogens with zero attached hydrogens (tertiary/aromatic N) is 5. The van der Waals surface area contributed by atoms with E-state index in [0.717, 1.165) is 5.82 Å². The quantitative estimate of drug-likeness (QED) is 0.491. The molecule has 0 saturated carbocycles. The van der Waals surface area contributed by atoms with Crippen LogP contribution in [0.15, 0.2) is 47.5 Å². The van der Waals surface area contributed by atoms with Gasteiger partial charge in [-0.2, -0.15) is 18.3 Å². The van der Waals surface area contributed by atoms with Crippen LogP contribution >= 0.6 is 0 Å². The molecule has 168 valence electrons. The summed E-state index contributed by atoms with van der Waals surface area (Å²) in [4.78, 5) is 42.3. The smallest absolute Gasteiger partial charge is 0.475 e. The standard InChI is InChI=1S/C17H16N6O2.C2HF3O2/c1-21-8-7-18-15(21)10-22(2)17(25)12-9-14-19-16(24)11-5-3-4-6-13(11)23(14)20-12;3-2(4,5)1(6)7/h3-9H,10H2,1-2H3,(H,19,24);(H,6,7). The molecule has 4 aromatic rings. The zero-order valence-corrected chi connectivity index (χ0v) is 16.8. The summed E-state index contributed by atoms with van der Waals surface area (Å²) in [5.41, 5.74) is 1.21. The molecule has 32 heavy (non-hydrogen) atoms. The number of hydrogen-bond donors (Lipinski definition) is 2. The number of benzene rings is 1. The van der Waals surface area contributed by atoms with Crippen LogP contribution in [0.4, 0.5) is 13.2 Å². The van der Waals surface area contributed by atoms with Crippen molar-refractivity contribution in [3.05, 3.63) is 64.6 Å². The Morgan fingerprint density at radius 1 is 1.25 bits per heavy atom. The second-order valence-electron chi connectivity index (χ2n) is 6.72. The second-order valence-corrected chi connectivity index (χ2v) is 6.72. The number of halogens is 3. The Labute approximate surface area is 177 Å². The predicted molar refractivity (Wildman–Crippen MR) is 106 cm³/mol. The molecule has 3 heterocycles. The van der Waals surface area contributed by atoms with Crippen LogP contribution in [0.1, 0.15) is 16.3 Å². The fraction of sp³-hybridized carbons (Fsp3) is 0.211. The zero-order valence-electron chi connectivity index (χ0n) is 16.8. The average molecular weight is 450 g/mol. The van der Waals surface area contributed by atoms with E-state index in [1.165, 1.54) is 0 Å². The van der Waals surface area contributed by atoms with Gasteiger partial charge in [0, 0.05) is 32.6 Å². The van der Waals surface area contributed by atoms with Crippen molar-refractivity contribution in [1.29, 1.82) is 0 Å². The Balaban J connectivity index is 0.000000360. The van der Waals surface area contributed by atoms with Gasteiger partial charge in [0.05, 0.1) is 17.4 Å². The zero-order chi connectivity index (χ0) is 23.6. The van der Waals surface area contributed by atoms with Crippen molar-refractivity contribution in [3.63, 3.8) is 0 Å². The SMILES string of the molecule is CN(Cc1nccn1C)C(=O)c1cc2[nH]c(=O)c3ccccc3n2n1.O=C(O)C(F)(F)F. The van der Waals surface area contributed by atoms with Crippen molar-refractivity contribution in [2.45, 2.75) is 12.7 Å². The highest BCUT2D eigenvalue weighted by atomic mass is 19.4. The second kappa shape index (κ2) is 8.53. The Bertz CT molecular complexity index is 1350. The third-order valence-corrected chi connectivity index (χ3v) is 4.44. The largest absolute Gasteiger partial charge is 0.490 e. The average Bonchev–Trinajstić information content (AvgIpc) is 3.33. The lowest BCUT2D eigenvalue weighted by molar-refractivity contribution is -0.192. The summed E-state index contributed by atoms with van der Waals surface area (Å²) in [5.74, 6) is -2.22. The molecule has 3 aromatic heterocycles. The number of fused-ring (bicyclic) bond motifs is 3. The number of rotatable bonds is 3. The van der Waals surface area contributed by atoms with Crippen molar-refractivity contribution in [2.75, 3.05) is 7.05 Å². The van der Waals surface area contributed by atoms with E-state index in [4.69, 9.17) is 9.90 Å². The molecule has 0 bridgehead atoms. The highest BCUT2D eigenvalue weighted by Gasteiger charge is 2.38. The topological polar surface area (TPSA) is 126 Å². The number of alkyl halides is 3. The number of carboxylic acids is 1. The van der Waals surface area contributed by atoms with E-state index in [1.54, 1.807) is 46.9 Å². The summed E-state index contributed by atoms with van der Waals surface area (Å²) in [6.07, 6.45) is -1.56. The molecule has 0 aliphatic carbocycles. The lowest BCUT2D eigenvalue weighted by Gasteiger charge is -2.15. The first-order chi connectivity index (χ1) is 15.0. The molecule has 2 N–H and O–H groups in total. The summed E-state index contributed by atoms with van der Waals surface area (Å²) < 4.78 is 35.2. The van der Waals surface area contributed by atoms with Gasteiger partial charge in [0.2, 0.25) is 0 Å². The summed E-state index contributed by atoms with van der Waals surface area (Å²) in [7, 11) is 3.57.